The monoisotopic (exact) mass is 269 g/mol. The molecule has 0 amide bonds. The summed E-state index contributed by atoms with van der Waals surface area (Å²) in [4.78, 5) is 10.2. The molecule has 11 heavy (non-hydrogen) atoms. The molecule has 0 atom stereocenters. The number of hydrogen-bond acceptors (Lipinski definition) is 4. The van der Waals surface area contributed by atoms with Crippen molar-refractivity contribution in [2.75, 3.05) is 12.4 Å². The van der Waals surface area contributed by atoms with Gasteiger partial charge in [-0.3, -0.25) is 21.8 Å². The fourth-order valence-corrected chi connectivity index (χ4v) is 1.11. The van der Waals surface area contributed by atoms with Crippen molar-refractivity contribution in [3.8, 4) is 0 Å². The molecule has 0 rings (SSSR count). The molecule has 0 aliphatic carbocycles. The molecule has 0 aliphatic heterocycles. The summed E-state index contributed by atoms with van der Waals surface area (Å²) in [6, 6.07) is 0. The zero-order valence-electron chi connectivity index (χ0n) is 6.83. The van der Waals surface area contributed by atoms with Gasteiger partial charge >= 0.3 is 5.97 Å². The van der Waals surface area contributed by atoms with Crippen LogP contribution in [0, 0.1) is 13.7 Å². The summed E-state index contributed by atoms with van der Waals surface area (Å²) < 4.78 is 4.64. The third kappa shape index (κ3) is 18.3. The van der Waals surface area contributed by atoms with E-state index in [2.05, 4.69) is 11.0 Å². The summed E-state index contributed by atoms with van der Waals surface area (Å²) in [6.45, 7) is 1.89. The molecule has 0 aromatic carbocycles. The van der Waals surface area contributed by atoms with Crippen molar-refractivity contribution in [3.63, 3.8) is 0 Å². The minimum Gasteiger partial charge on any atom is -0.465 e. The third-order valence-electron chi connectivity index (χ3n) is 0.555. The van der Waals surface area contributed by atoms with Crippen molar-refractivity contribution >= 4 is 27.6 Å². The molecular weight excluding hydrogens is 257 g/mol. The third-order valence-corrected chi connectivity index (χ3v) is 2.06. The maximum atomic E-state index is 10.2. The van der Waals surface area contributed by atoms with Gasteiger partial charge in [0.2, 0.25) is 0 Å². The maximum absolute atomic E-state index is 10.2. The predicted octanol–water partition coefficient (Wildman–Crippen LogP) is 2.17. The van der Waals surface area contributed by atoms with Crippen LogP contribution in [-0.4, -0.2) is 18.3 Å². The molecule has 0 N–H and O–H groups in total. The van der Waals surface area contributed by atoms with Crippen LogP contribution in [0.25, 0.3) is 0 Å². The summed E-state index contributed by atoms with van der Waals surface area (Å²) in [7, 11) is 3.01. The minimum atomic E-state index is -0.218. The van der Waals surface area contributed by atoms with Gasteiger partial charge in [0, 0.05) is 45.4 Å². The molecule has 1 radical (unpaired) electrons. The van der Waals surface area contributed by atoms with Crippen LogP contribution < -0.4 is 0 Å². The zero-order valence-corrected chi connectivity index (χ0v) is 11.3. The molecule has 0 spiro atoms. The fraction of sp³-hybridized carbons (Fsp3) is 0.500. The number of ether oxygens (including phenoxy) is 1. The van der Waals surface area contributed by atoms with Crippen LogP contribution in [0.15, 0.2) is 0 Å². The van der Waals surface area contributed by atoms with E-state index in [4.69, 9.17) is 0 Å². The minimum absolute atomic E-state index is 0. The van der Waals surface area contributed by atoms with E-state index >= 15 is 0 Å². The van der Waals surface area contributed by atoms with Gasteiger partial charge in [-0.05, 0) is 0 Å². The SMILES string of the molecule is [CH2-]SSCCOC(C)=O.[CH3-].[Y]. The van der Waals surface area contributed by atoms with Crippen molar-refractivity contribution in [1.29, 1.82) is 0 Å². The maximum Gasteiger partial charge on any atom is 0.302 e. The van der Waals surface area contributed by atoms with Crippen LogP contribution in [0.2, 0.25) is 0 Å². The van der Waals surface area contributed by atoms with Crippen LogP contribution in [0.1, 0.15) is 6.92 Å². The van der Waals surface area contributed by atoms with Crippen molar-refractivity contribution < 1.29 is 42.2 Å². The second-order valence-corrected chi connectivity index (χ2v) is 3.57. The molecule has 0 aliphatic rings. The van der Waals surface area contributed by atoms with E-state index < -0.39 is 0 Å². The Labute approximate surface area is 102 Å². The number of rotatable bonds is 4. The largest absolute Gasteiger partial charge is 0.465 e. The number of carbonyl (C=O) groups excluding carboxylic acids is 1. The van der Waals surface area contributed by atoms with Crippen LogP contribution in [0.5, 0.6) is 0 Å². The van der Waals surface area contributed by atoms with Gasteiger partial charge < -0.3 is 12.2 Å². The Kier molecular flexibility index (Phi) is 22.8. The molecular formula is C6H12O2S2Y-2. The Balaban J connectivity index is -0.000000320. The standard InChI is InChI=1S/C5H9O2S2.CH3.Y/c1-5(6)7-3-4-9-8-2;;/h2-4H2,1H3;1H3;/q2*-1;. The first-order valence-electron chi connectivity index (χ1n) is 2.44. The van der Waals surface area contributed by atoms with Crippen molar-refractivity contribution in [1.82, 2.24) is 0 Å². The van der Waals surface area contributed by atoms with Crippen LogP contribution in [-0.2, 0) is 42.2 Å². The predicted molar refractivity (Wildman–Crippen MR) is 48.5 cm³/mol. The first kappa shape index (κ1) is 18.1. The number of hydrogen-bond donors (Lipinski definition) is 0. The second kappa shape index (κ2) is 13.8. The Morgan fingerprint density at radius 3 is 2.55 bits per heavy atom. The Morgan fingerprint density at radius 2 is 2.18 bits per heavy atom. The Hall–Kier alpha value is 1.27. The number of esters is 1. The average molecular weight is 269 g/mol. The quantitative estimate of drug-likeness (QED) is 0.338. The van der Waals surface area contributed by atoms with E-state index in [-0.39, 0.29) is 46.1 Å². The van der Waals surface area contributed by atoms with Crippen LogP contribution in [0.3, 0.4) is 0 Å². The second-order valence-electron chi connectivity index (χ2n) is 1.28. The fourth-order valence-electron chi connectivity index (χ4n) is 0.278. The summed E-state index contributed by atoms with van der Waals surface area (Å²) in [6.07, 6.45) is 3.54. The van der Waals surface area contributed by atoms with E-state index in [1.807, 2.05) is 0 Å². The van der Waals surface area contributed by atoms with Crippen molar-refractivity contribution in [2.45, 2.75) is 6.92 Å². The van der Waals surface area contributed by atoms with Gasteiger partial charge in [0.1, 0.15) is 6.61 Å². The van der Waals surface area contributed by atoms with Gasteiger partial charge in [-0.15, -0.1) is 10.8 Å². The molecule has 0 aromatic heterocycles. The molecule has 0 aromatic rings. The van der Waals surface area contributed by atoms with E-state index in [1.165, 1.54) is 17.7 Å². The summed E-state index contributed by atoms with van der Waals surface area (Å²) in [5.74, 6) is 0.595. The van der Waals surface area contributed by atoms with E-state index in [0.29, 0.717) is 6.61 Å². The summed E-state index contributed by atoms with van der Waals surface area (Å²) >= 11 is 0. The molecule has 0 bridgehead atoms. The van der Waals surface area contributed by atoms with Gasteiger partial charge in [0.15, 0.2) is 0 Å². The van der Waals surface area contributed by atoms with Gasteiger partial charge in [-0.1, -0.05) is 0 Å². The Bertz CT molecular complexity index is 90.7. The normalized spacial score (nSPS) is 7.45. The molecule has 0 saturated heterocycles. The molecule has 65 valence electrons. The van der Waals surface area contributed by atoms with Gasteiger partial charge in [0.05, 0.1) is 0 Å². The van der Waals surface area contributed by atoms with Crippen LogP contribution in [0.4, 0.5) is 0 Å². The van der Waals surface area contributed by atoms with E-state index in [9.17, 15) is 4.79 Å². The molecule has 0 fully saturated rings. The molecule has 0 unspecified atom stereocenters. The number of carbonyl (C=O) groups is 1. The Morgan fingerprint density at radius 1 is 1.64 bits per heavy atom. The molecule has 0 saturated carbocycles. The van der Waals surface area contributed by atoms with Gasteiger partial charge in [0.25, 0.3) is 0 Å². The first-order valence-corrected chi connectivity index (χ1v) is 4.93. The van der Waals surface area contributed by atoms with E-state index in [1.54, 1.807) is 10.8 Å². The average Bonchev–Trinajstić information content (AvgIpc) is 1.80. The first-order chi connectivity index (χ1) is 4.27. The topological polar surface area (TPSA) is 26.3 Å². The summed E-state index contributed by atoms with van der Waals surface area (Å²) in [5, 5.41) is 0. The van der Waals surface area contributed by atoms with Crippen molar-refractivity contribution in [2.24, 2.45) is 0 Å². The smallest absolute Gasteiger partial charge is 0.302 e. The zero-order chi connectivity index (χ0) is 7.11. The van der Waals surface area contributed by atoms with E-state index in [0.717, 1.165) is 5.75 Å². The molecule has 0 heterocycles. The summed E-state index contributed by atoms with van der Waals surface area (Å²) in [5.41, 5.74) is 0. The van der Waals surface area contributed by atoms with Crippen molar-refractivity contribution in [3.05, 3.63) is 13.7 Å². The van der Waals surface area contributed by atoms with Gasteiger partial charge in [-0.2, -0.15) is 0 Å². The van der Waals surface area contributed by atoms with Crippen LogP contribution >= 0.6 is 21.6 Å². The van der Waals surface area contributed by atoms with Gasteiger partial charge in [-0.25, -0.2) is 0 Å². The molecule has 5 heteroatoms. The molecule has 2 nitrogen and oxygen atoms in total.